The fourth-order valence-electron chi connectivity index (χ4n) is 1.96. The van der Waals surface area contributed by atoms with E-state index in [1.807, 2.05) is 60.7 Å². The van der Waals surface area contributed by atoms with E-state index in [-0.39, 0.29) is 5.04 Å². The first-order valence-electron chi connectivity index (χ1n) is 7.59. The van der Waals surface area contributed by atoms with Crippen molar-refractivity contribution in [2.24, 2.45) is 0 Å². The summed E-state index contributed by atoms with van der Waals surface area (Å²) in [5.74, 6) is 0. The lowest BCUT2D eigenvalue weighted by atomic mass is 10.2. The van der Waals surface area contributed by atoms with Crippen LogP contribution in [-0.2, 0) is 8.78 Å². The molecule has 2 rings (SSSR count). The summed E-state index contributed by atoms with van der Waals surface area (Å²) in [7, 11) is -5.25. The molecule has 0 heterocycles. The van der Waals surface area contributed by atoms with Crippen LogP contribution in [0, 0.1) is 0 Å². The van der Waals surface area contributed by atoms with Crippen molar-refractivity contribution in [2.75, 3.05) is 0 Å². The molecule has 118 valence electrons. The number of benzene rings is 2. The quantitative estimate of drug-likeness (QED) is 0.586. The SMILES string of the molecule is CC(C)(C)[Si](C)(C)OP(=O)(c1ccccc1)c1ccccc1. The maximum atomic E-state index is 13.9. The molecule has 0 aromatic heterocycles. The topological polar surface area (TPSA) is 26.3 Å². The van der Waals surface area contributed by atoms with Gasteiger partial charge in [0.2, 0.25) is 8.32 Å². The maximum absolute atomic E-state index is 13.9. The van der Waals surface area contributed by atoms with Crippen molar-refractivity contribution in [3.05, 3.63) is 60.7 Å². The van der Waals surface area contributed by atoms with Crippen LogP contribution in [0.1, 0.15) is 20.8 Å². The molecule has 0 unspecified atom stereocenters. The van der Waals surface area contributed by atoms with E-state index in [9.17, 15) is 4.57 Å². The predicted octanol–water partition coefficient (Wildman–Crippen LogP) is 4.94. The molecule has 4 heteroatoms. The van der Waals surface area contributed by atoms with Crippen LogP contribution >= 0.6 is 7.37 Å². The van der Waals surface area contributed by atoms with E-state index < -0.39 is 15.7 Å². The highest BCUT2D eigenvalue weighted by molar-refractivity contribution is 7.75. The molecule has 0 fully saturated rings. The standard InChI is InChI=1S/C18H25O2PSi/c1-18(2,3)22(4,5)20-21(19,16-12-8-6-9-13-16)17-14-10-7-11-15-17/h6-15H,1-5H3. The van der Waals surface area contributed by atoms with E-state index >= 15 is 0 Å². The third-order valence-corrected chi connectivity index (χ3v) is 12.8. The average molecular weight is 332 g/mol. The Kier molecular flexibility index (Phi) is 4.81. The Morgan fingerprint density at radius 3 is 1.50 bits per heavy atom. The van der Waals surface area contributed by atoms with Gasteiger partial charge in [-0.3, -0.25) is 4.57 Å². The minimum atomic E-state index is -3.08. The summed E-state index contributed by atoms with van der Waals surface area (Å²) in [6.07, 6.45) is 0. The monoisotopic (exact) mass is 332 g/mol. The van der Waals surface area contributed by atoms with Crippen LogP contribution in [0.25, 0.3) is 0 Å². The molecule has 0 aliphatic heterocycles. The Morgan fingerprint density at radius 2 is 1.18 bits per heavy atom. The van der Waals surface area contributed by atoms with Crippen molar-refractivity contribution in [3.8, 4) is 0 Å². The second-order valence-electron chi connectivity index (χ2n) is 7.07. The van der Waals surface area contributed by atoms with Gasteiger partial charge in [0.15, 0.2) is 0 Å². The average Bonchev–Trinajstić information content (AvgIpc) is 2.47. The van der Waals surface area contributed by atoms with E-state index in [1.165, 1.54) is 0 Å². The zero-order valence-electron chi connectivity index (χ0n) is 14.0. The van der Waals surface area contributed by atoms with Crippen molar-refractivity contribution >= 4 is 26.3 Å². The largest absolute Gasteiger partial charge is 0.363 e. The summed E-state index contributed by atoms with van der Waals surface area (Å²) in [6, 6.07) is 19.2. The van der Waals surface area contributed by atoms with Gasteiger partial charge in [0.25, 0.3) is 7.37 Å². The summed E-state index contributed by atoms with van der Waals surface area (Å²) in [4.78, 5) is 0. The van der Waals surface area contributed by atoms with Gasteiger partial charge in [0.1, 0.15) is 0 Å². The fraction of sp³-hybridized carbons (Fsp3) is 0.333. The third-order valence-electron chi connectivity index (χ3n) is 4.36. The molecule has 0 amide bonds. The lowest BCUT2D eigenvalue weighted by Crippen LogP contribution is -2.42. The van der Waals surface area contributed by atoms with E-state index in [2.05, 4.69) is 33.9 Å². The van der Waals surface area contributed by atoms with Crippen LogP contribution in [0.5, 0.6) is 0 Å². The van der Waals surface area contributed by atoms with Gasteiger partial charge in [0, 0.05) is 10.6 Å². The molecule has 0 N–H and O–H groups in total. The van der Waals surface area contributed by atoms with Crippen molar-refractivity contribution < 1.29 is 8.78 Å². The first-order valence-corrected chi connectivity index (χ1v) is 12.1. The fourth-order valence-corrected chi connectivity index (χ4v) is 7.90. The van der Waals surface area contributed by atoms with Gasteiger partial charge in [-0.2, -0.15) is 0 Å². The second kappa shape index (κ2) is 6.15. The number of hydrogen-bond acceptors (Lipinski definition) is 2. The van der Waals surface area contributed by atoms with Gasteiger partial charge in [-0.15, -0.1) is 0 Å². The zero-order valence-corrected chi connectivity index (χ0v) is 15.9. The van der Waals surface area contributed by atoms with E-state index in [1.54, 1.807) is 0 Å². The second-order valence-corrected chi connectivity index (χ2v) is 14.5. The lowest BCUT2D eigenvalue weighted by Gasteiger charge is -2.39. The highest BCUT2D eigenvalue weighted by atomic mass is 31.2. The van der Waals surface area contributed by atoms with Crippen molar-refractivity contribution in [2.45, 2.75) is 38.9 Å². The molecular weight excluding hydrogens is 307 g/mol. The predicted molar refractivity (Wildman–Crippen MR) is 98.0 cm³/mol. The van der Waals surface area contributed by atoms with Crippen LogP contribution in [0.4, 0.5) is 0 Å². The molecule has 0 atom stereocenters. The zero-order chi connectivity index (χ0) is 16.4. The van der Waals surface area contributed by atoms with Gasteiger partial charge in [0.05, 0.1) is 0 Å². The van der Waals surface area contributed by atoms with E-state index in [4.69, 9.17) is 4.21 Å². The van der Waals surface area contributed by atoms with Gasteiger partial charge < -0.3 is 4.21 Å². The maximum Gasteiger partial charge on any atom is 0.251 e. The minimum Gasteiger partial charge on any atom is -0.363 e. The molecule has 0 aliphatic rings. The molecule has 0 radical (unpaired) electrons. The Bertz CT molecular complexity index is 617. The van der Waals surface area contributed by atoms with Crippen molar-refractivity contribution in [1.82, 2.24) is 0 Å². The van der Waals surface area contributed by atoms with Crippen LogP contribution in [0.2, 0.25) is 18.1 Å². The number of rotatable bonds is 4. The molecule has 2 aromatic rings. The van der Waals surface area contributed by atoms with Crippen molar-refractivity contribution in [3.63, 3.8) is 0 Å². The molecule has 22 heavy (non-hydrogen) atoms. The molecule has 0 bridgehead atoms. The highest BCUT2D eigenvalue weighted by Gasteiger charge is 2.44. The van der Waals surface area contributed by atoms with Gasteiger partial charge in [-0.25, -0.2) is 0 Å². The normalized spacial score (nSPS) is 13.1. The first-order chi connectivity index (χ1) is 10.2. The summed E-state index contributed by atoms with van der Waals surface area (Å²) >= 11 is 0. The van der Waals surface area contributed by atoms with Crippen LogP contribution in [-0.4, -0.2) is 8.32 Å². The molecular formula is C18H25O2PSi. The molecule has 0 spiro atoms. The van der Waals surface area contributed by atoms with Gasteiger partial charge in [-0.1, -0.05) is 57.2 Å². The van der Waals surface area contributed by atoms with Crippen LogP contribution in [0.15, 0.2) is 60.7 Å². The third kappa shape index (κ3) is 3.43. The Balaban J connectivity index is 2.56. The summed E-state index contributed by atoms with van der Waals surface area (Å²) < 4.78 is 20.3. The molecule has 2 aromatic carbocycles. The van der Waals surface area contributed by atoms with Crippen LogP contribution < -0.4 is 10.6 Å². The summed E-state index contributed by atoms with van der Waals surface area (Å²) in [5.41, 5.74) is 0. The Hall–Kier alpha value is -1.15. The van der Waals surface area contributed by atoms with Crippen molar-refractivity contribution in [1.29, 1.82) is 0 Å². The first kappa shape index (κ1) is 17.2. The lowest BCUT2D eigenvalue weighted by molar-refractivity contribution is 0.471. The summed E-state index contributed by atoms with van der Waals surface area (Å²) in [5, 5.41) is 1.55. The number of hydrogen-bond donors (Lipinski definition) is 0. The highest BCUT2D eigenvalue weighted by Crippen LogP contribution is 2.52. The Morgan fingerprint density at radius 1 is 0.818 bits per heavy atom. The van der Waals surface area contributed by atoms with Crippen LogP contribution in [0.3, 0.4) is 0 Å². The molecule has 0 aliphatic carbocycles. The van der Waals surface area contributed by atoms with E-state index in [0.29, 0.717) is 0 Å². The van der Waals surface area contributed by atoms with E-state index in [0.717, 1.165) is 10.6 Å². The summed E-state index contributed by atoms with van der Waals surface area (Å²) in [6.45, 7) is 10.8. The van der Waals surface area contributed by atoms with Gasteiger partial charge >= 0.3 is 0 Å². The minimum absolute atomic E-state index is 0.00617. The Labute approximate surface area is 135 Å². The molecule has 0 saturated carbocycles. The smallest absolute Gasteiger partial charge is 0.251 e. The molecule has 2 nitrogen and oxygen atoms in total. The molecule has 0 saturated heterocycles. The van der Waals surface area contributed by atoms with Gasteiger partial charge in [-0.05, 0) is 42.4 Å².